The lowest BCUT2D eigenvalue weighted by Crippen LogP contribution is -2.23. The first-order chi connectivity index (χ1) is 11.6. The van der Waals surface area contributed by atoms with Gasteiger partial charge in [0.1, 0.15) is 5.82 Å². The van der Waals surface area contributed by atoms with Crippen LogP contribution in [-0.4, -0.2) is 31.4 Å². The second-order valence-corrected chi connectivity index (χ2v) is 6.28. The molecule has 0 saturated heterocycles. The minimum absolute atomic E-state index is 0.256. The molecule has 0 spiro atoms. The fourth-order valence-electron chi connectivity index (χ4n) is 2.01. The largest absolute Gasteiger partial charge is 0.325 e. The highest BCUT2D eigenvalue weighted by Gasteiger charge is 2.19. The summed E-state index contributed by atoms with van der Waals surface area (Å²) in [4.78, 5) is 12.3. The van der Waals surface area contributed by atoms with E-state index in [1.54, 1.807) is 23.7 Å². The Morgan fingerprint density at radius 1 is 1.21 bits per heavy atom. The molecule has 3 aromatic rings. The Hall–Kier alpha value is -2.74. The van der Waals surface area contributed by atoms with Gasteiger partial charge in [-0.1, -0.05) is 36.0 Å². The molecule has 1 unspecified atom stereocenters. The lowest BCUT2D eigenvalue weighted by Gasteiger charge is -2.11. The Balaban J connectivity index is 1.70. The Bertz CT molecular complexity index is 839. The van der Waals surface area contributed by atoms with Crippen molar-refractivity contribution in [1.29, 1.82) is 0 Å². The van der Waals surface area contributed by atoms with E-state index < -0.39 is 11.1 Å². The van der Waals surface area contributed by atoms with Crippen molar-refractivity contribution in [2.45, 2.75) is 17.3 Å². The van der Waals surface area contributed by atoms with E-state index in [1.165, 1.54) is 23.9 Å². The number of benzene rings is 2. The second kappa shape index (κ2) is 7.22. The number of carbonyl (C=O) groups excluding carboxylic acids is 1. The van der Waals surface area contributed by atoms with Crippen LogP contribution in [0.2, 0.25) is 0 Å². The number of hydrogen-bond acceptors (Lipinski definition) is 5. The van der Waals surface area contributed by atoms with Crippen molar-refractivity contribution in [2.24, 2.45) is 0 Å². The van der Waals surface area contributed by atoms with Gasteiger partial charge < -0.3 is 5.32 Å². The summed E-state index contributed by atoms with van der Waals surface area (Å²) in [6, 6.07) is 15.2. The smallest absolute Gasteiger partial charge is 0.237 e. The highest BCUT2D eigenvalue weighted by Crippen LogP contribution is 2.23. The number of amides is 1. The summed E-state index contributed by atoms with van der Waals surface area (Å²) >= 11 is 1.22. The topological polar surface area (TPSA) is 72.7 Å². The van der Waals surface area contributed by atoms with Crippen molar-refractivity contribution in [3.05, 3.63) is 60.4 Å². The maximum absolute atomic E-state index is 13.2. The second-order valence-electron chi connectivity index (χ2n) is 4.97. The van der Waals surface area contributed by atoms with Crippen molar-refractivity contribution >= 4 is 23.4 Å². The van der Waals surface area contributed by atoms with Gasteiger partial charge in [-0.2, -0.15) is 4.68 Å². The maximum atomic E-state index is 13.2. The van der Waals surface area contributed by atoms with Crippen LogP contribution in [0.25, 0.3) is 5.69 Å². The number of thioether (sulfide) groups is 1. The Labute approximate surface area is 142 Å². The Kier molecular flexibility index (Phi) is 4.85. The van der Waals surface area contributed by atoms with E-state index in [4.69, 9.17) is 0 Å². The van der Waals surface area contributed by atoms with Gasteiger partial charge in [0.2, 0.25) is 11.1 Å². The normalized spacial score (nSPS) is 11.9. The van der Waals surface area contributed by atoms with Crippen LogP contribution in [0.5, 0.6) is 0 Å². The summed E-state index contributed by atoms with van der Waals surface area (Å²) in [5, 5.41) is 14.3. The summed E-state index contributed by atoms with van der Waals surface area (Å²) in [5.74, 6) is -0.658. The van der Waals surface area contributed by atoms with E-state index in [-0.39, 0.29) is 5.91 Å². The van der Waals surface area contributed by atoms with Gasteiger partial charge in [-0.25, -0.2) is 4.39 Å². The van der Waals surface area contributed by atoms with Gasteiger partial charge in [0.15, 0.2) is 0 Å². The van der Waals surface area contributed by atoms with E-state index in [0.717, 1.165) is 5.69 Å². The molecule has 0 aliphatic rings. The van der Waals surface area contributed by atoms with Crippen LogP contribution in [0.1, 0.15) is 6.92 Å². The summed E-state index contributed by atoms with van der Waals surface area (Å²) in [6.07, 6.45) is 0. The highest BCUT2D eigenvalue weighted by atomic mass is 32.2. The summed E-state index contributed by atoms with van der Waals surface area (Å²) in [7, 11) is 0. The average molecular weight is 343 g/mol. The number of aromatic nitrogens is 4. The number of nitrogens with one attached hydrogen (secondary N) is 1. The number of halogens is 1. The first-order valence-corrected chi connectivity index (χ1v) is 8.08. The van der Waals surface area contributed by atoms with Crippen LogP contribution in [0.15, 0.2) is 59.8 Å². The predicted molar refractivity (Wildman–Crippen MR) is 89.5 cm³/mol. The molecule has 0 bridgehead atoms. The van der Waals surface area contributed by atoms with E-state index in [1.807, 2.05) is 30.3 Å². The molecule has 0 aliphatic heterocycles. The number of anilines is 1. The van der Waals surface area contributed by atoms with E-state index in [9.17, 15) is 9.18 Å². The number of hydrogen-bond donors (Lipinski definition) is 1. The molecule has 0 fully saturated rings. The SMILES string of the molecule is CC(Sc1nnnn1-c1ccccc1)C(=O)Nc1cccc(F)c1. The lowest BCUT2D eigenvalue weighted by molar-refractivity contribution is -0.115. The molecule has 2 aromatic carbocycles. The molecule has 122 valence electrons. The van der Waals surface area contributed by atoms with Crippen LogP contribution >= 0.6 is 11.8 Å². The molecule has 0 aliphatic carbocycles. The van der Waals surface area contributed by atoms with Gasteiger partial charge >= 0.3 is 0 Å². The van der Waals surface area contributed by atoms with Gasteiger partial charge in [0.05, 0.1) is 10.9 Å². The molecule has 8 heteroatoms. The van der Waals surface area contributed by atoms with Crippen molar-refractivity contribution in [3.8, 4) is 5.69 Å². The number of para-hydroxylation sites is 1. The molecule has 1 aromatic heterocycles. The third-order valence-corrected chi connectivity index (χ3v) is 4.22. The highest BCUT2D eigenvalue weighted by molar-refractivity contribution is 8.00. The minimum atomic E-state index is -0.457. The van der Waals surface area contributed by atoms with Gasteiger partial charge in [0, 0.05) is 5.69 Å². The first kappa shape index (κ1) is 16.1. The predicted octanol–water partition coefficient (Wildman–Crippen LogP) is 2.92. The summed E-state index contributed by atoms with van der Waals surface area (Å²) in [6.45, 7) is 1.74. The van der Waals surface area contributed by atoms with E-state index in [0.29, 0.717) is 10.8 Å². The fourth-order valence-corrected chi connectivity index (χ4v) is 2.81. The third-order valence-electron chi connectivity index (χ3n) is 3.19. The number of nitrogens with zero attached hydrogens (tertiary/aromatic N) is 4. The van der Waals surface area contributed by atoms with Crippen molar-refractivity contribution < 1.29 is 9.18 Å². The molecule has 1 atom stereocenters. The van der Waals surface area contributed by atoms with Crippen LogP contribution < -0.4 is 5.32 Å². The summed E-state index contributed by atoms with van der Waals surface area (Å²) in [5.41, 5.74) is 1.22. The van der Waals surface area contributed by atoms with Crippen molar-refractivity contribution in [3.63, 3.8) is 0 Å². The van der Waals surface area contributed by atoms with E-state index >= 15 is 0 Å². The van der Waals surface area contributed by atoms with Gasteiger partial charge in [-0.3, -0.25) is 4.79 Å². The molecular weight excluding hydrogens is 329 g/mol. The van der Waals surface area contributed by atoms with Crippen molar-refractivity contribution in [1.82, 2.24) is 20.2 Å². The van der Waals surface area contributed by atoms with E-state index in [2.05, 4.69) is 20.8 Å². The van der Waals surface area contributed by atoms with Crippen LogP contribution in [0, 0.1) is 5.82 Å². The molecule has 1 N–H and O–H groups in total. The van der Waals surface area contributed by atoms with Gasteiger partial charge in [-0.15, -0.1) is 5.10 Å². The molecular formula is C16H14FN5OS. The maximum Gasteiger partial charge on any atom is 0.237 e. The standard InChI is InChI=1S/C16H14FN5OS/c1-11(15(23)18-13-7-5-6-12(17)10-13)24-16-19-20-21-22(16)14-8-3-2-4-9-14/h2-11H,1H3,(H,18,23). The first-order valence-electron chi connectivity index (χ1n) is 7.20. The molecule has 24 heavy (non-hydrogen) atoms. The van der Waals surface area contributed by atoms with Gasteiger partial charge in [-0.05, 0) is 47.7 Å². The molecule has 6 nitrogen and oxygen atoms in total. The molecule has 0 radical (unpaired) electrons. The zero-order chi connectivity index (χ0) is 16.9. The lowest BCUT2D eigenvalue weighted by atomic mass is 10.3. The fraction of sp³-hybridized carbons (Fsp3) is 0.125. The molecule has 1 amide bonds. The zero-order valence-electron chi connectivity index (χ0n) is 12.8. The Morgan fingerprint density at radius 2 is 2.00 bits per heavy atom. The van der Waals surface area contributed by atoms with Gasteiger partial charge in [0.25, 0.3) is 0 Å². The number of tetrazole rings is 1. The van der Waals surface area contributed by atoms with Crippen LogP contribution in [0.4, 0.5) is 10.1 Å². The zero-order valence-corrected chi connectivity index (χ0v) is 13.6. The molecule has 3 rings (SSSR count). The molecule has 1 heterocycles. The monoisotopic (exact) mass is 343 g/mol. The quantitative estimate of drug-likeness (QED) is 0.721. The Morgan fingerprint density at radius 3 is 2.75 bits per heavy atom. The summed E-state index contributed by atoms with van der Waals surface area (Å²) < 4.78 is 14.7. The number of rotatable bonds is 5. The molecule has 0 saturated carbocycles. The van der Waals surface area contributed by atoms with Crippen molar-refractivity contribution in [2.75, 3.05) is 5.32 Å². The minimum Gasteiger partial charge on any atom is -0.325 e. The van der Waals surface area contributed by atoms with Crippen LogP contribution in [0.3, 0.4) is 0 Å². The average Bonchev–Trinajstić information content (AvgIpc) is 3.03. The third kappa shape index (κ3) is 3.77. The number of carbonyl (C=O) groups is 1. The van der Waals surface area contributed by atoms with Crippen LogP contribution in [-0.2, 0) is 4.79 Å².